The fourth-order valence-corrected chi connectivity index (χ4v) is 8.33. The van der Waals surface area contributed by atoms with E-state index in [1.165, 1.54) is 48.5 Å². The number of fused-ring (bicyclic) bond motifs is 2. The number of benzene rings is 4. The van der Waals surface area contributed by atoms with Crippen LogP contribution in [0.1, 0.15) is 70.7 Å². The Labute approximate surface area is 380 Å². The molecule has 0 amide bonds. The summed E-state index contributed by atoms with van der Waals surface area (Å²) in [6.45, 7) is 8.47. The first-order valence-corrected chi connectivity index (χ1v) is 20.6. The first-order chi connectivity index (χ1) is 26.7. The molecule has 0 atom stereocenters. The van der Waals surface area contributed by atoms with Crippen molar-refractivity contribution in [1.29, 1.82) is 0 Å². The molecule has 4 aromatic carbocycles. The van der Waals surface area contributed by atoms with E-state index in [0.29, 0.717) is 24.2 Å². The van der Waals surface area contributed by atoms with Gasteiger partial charge in [0, 0.05) is 46.6 Å². The van der Waals surface area contributed by atoms with Crippen molar-refractivity contribution in [3.05, 3.63) is 167 Å². The third-order valence-corrected chi connectivity index (χ3v) is 12.0. The smallest absolute Gasteiger partial charge is 0.744 e. The Kier molecular flexibility index (Phi) is 13.2. The zero-order chi connectivity index (χ0) is 41.5. The van der Waals surface area contributed by atoms with Crippen molar-refractivity contribution in [2.45, 2.75) is 61.4 Å². The number of nitrogens with zero attached hydrogens (tertiary/aromatic N) is 2. The molecule has 0 saturated carbocycles. The second kappa shape index (κ2) is 17.1. The van der Waals surface area contributed by atoms with Crippen molar-refractivity contribution in [2.75, 3.05) is 4.90 Å². The SMILES string of the molecule is CC1(C)C(=CC=CC=CC=CC2=[N+](Cc3ccc(C(=O)O)cc3)c3ccc(S(=O)(=O)[O-])cc3C2(C)C)N(Cc2ccc(C(=O)O)cc2)c2ccc(S(=O)(=O)O)cc21.[K+]. The number of anilines is 1. The molecule has 3 N–H and O–H groups in total. The van der Waals surface area contributed by atoms with E-state index in [-0.39, 0.29) is 72.3 Å². The van der Waals surface area contributed by atoms with Gasteiger partial charge in [-0.1, -0.05) is 68.5 Å². The number of hydrogen-bond donors (Lipinski definition) is 3. The second-order valence-corrected chi connectivity index (χ2v) is 17.6. The number of aromatic carboxylic acids is 2. The summed E-state index contributed by atoms with van der Waals surface area (Å²) in [5.41, 5.74) is 5.01. The maximum absolute atomic E-state index is 12.0. The van der Waals surface area contributed by atoms with Gasteiger partial charge in [-0.2, -0.15) is 13.0 Å². The minimum atomic E-state index is -4.70. The molecular weight excluding hydrogens is 808 g/mol. The topological polar surface area (TPSA) is 192 Å². The van der Waals surface area contributed by atoms with Crippen molar-refractivity contribution in [1.82, 2.24) is 0 Å². The Bertz CT molecular complexity index is 2680. The first-order valence-electron chi connectivity index (χ1n) is 17.7. The number of hydrogen-bond acceptors (Lipinski definition) is 8. The fourth-order valence-electron chi connectivity index (χ4n) is 7.32. The summed E-state index contributed by atoms with van der Waals surface area (Å²) in [4.78, 5) is 24.3. The molecule has 2 aliphatic rings. The monoisotopic (exact) mass is 847 g/mol. The Morgan fingerprint density at radius 3 is 1.81 bits per heavy atom. The van der Waals surface area contributed by atoms with Gasteiger partial charge in [0.2, 0.25) is 5.69 Å². The molecule has 0 bridgehead atoms. The Morgan fingerprint density at radius 2 is 1.24 bits per heavy atom. The minimum Gasteiger partial charge on any atom is -0.744 e. The van der Waals surface area contributed by atoms with Crippen molar-refractivity contribution in [2.24, 2.45) is 0 Å². The molecule has 294 valence electrons. The second-order valence-electron chi connectivity index (χ2n) is 14.8. The summed E-state index contributed by atoms with van der Waals surface area (Å²) in [5, 5.41) is 18.7. The van der Waals surface area contributed by atoms with E-state index in [1.807, 2.05) is 79.7 Å². The minimum absolute atomic E-state index is 0. The van der Waals surface area contributed by atoms with Gasteiger partial charge >= 0.3 is 63.3 Å². The van der Waals surface area contributed by atoms with Gasteiger partial charge < -0.3 is 19.7 Å². The maximum atomic E-state index is 12.0. The Balaban J connectivity index is 0.00000641. The van der Waals surface area contributed by atoms with Crippen LogP contribution in [0.25, 0.3) is 0 Å². The third kappa shape index (κ3) is 9.28. The van der Waals surface area contributed by atoms with Crippen LogP contribution in [0.4, 0.5) is 11.4 Å². The predicted octanol–water partition coefficient (Wildman–Crippen LogP) is 4.36. The Hall–Kier alpha value is -4.29. The zero-order valence-electron chi connectivity index (χ0n) is 32.4. The average Bonchev–Trinajstić information content (AvgIpc) is 3.48. The first kappa shape index (κ1) is 44.8. The fraction of sp³-hybridized carbons (Fsp3) is 0.186. The Morgan fingerprint density at radius 1 is 0.707 bits per heavy atom. The summed E-state index contributed by atoms with van der Waals surface area (Å²) in [5.74, 6) is -2.08. The van der Waals surface area contributed by atoms with Crippen LogP contribution >= 0.6 is 0 Å². The van der Waals surface area contributed by atoms with Crippen molar-refractivity contribution in [3.63, 3.8) is 0 Å². The van der Waals surface area contributed by atoms with Gasteiger partial charge in [0.05, 0.1) is 26.3 Å². The molecule has 0 spiro atoms. The predicted molar refractivity (Wildman–Crippen MR) is 214 cm³/mol. The van der Waals surface area contributed by atoms with Crippen LogP contribution in [0, 0.1) is 0 Å². The largest absolute Gasteiger partial charge is 1.00 e. The maximum Gasteiger partial charge on any atom is 1.00 e. The third-order valence-electron chi connectivity index (χ3n) is 10.3. The summed E-state index contributed by atoms with van der Waals surface area (Å²) in [7, 11) is -9.16. The quantitative estimate of drug-likeness (QED) is 0.0795. The molecule has 0 radical (unpaired) electrons. The van der Waals surface area contributed by atoms with E-state index in [2.05, 4.69) is 0 Å². The van der Waals surface area contributed by atoms with Crippen LogP contribution in [0.15, 0.2) is 143 Å². The van der Waals surface area contributed by atoms with Crippen molar-refractivity contribution in [3.8, 4) is 0 Å². The summed E-state index contributed by atoms with van der Waals surface area (Å²) < 4.78 is 71.7. The number of allylic oxidation sites excluding steroid dienone is 8. The summed E-state index contributed by atoms with van der Waals surface area (Å²) >= 11 is 0. The molecule has 0 unspecified atom stereocenters. The zero-order valence-corrected chi connectivity index (χ0v) is 37.2. The number of rotatable bonds is 12. The van der Waals surface area contributed by atoms with Crippen LogP contribution in [-0.2, 0) is 44.2 Å². The molecule has 58 heavy (non-hydrogen) atoms. The molecule has 0 aliphatic carbocycles. The van der Waals surface area contributed by atoms with E-state index in [0.717, 1.165) is 33.9 Å². The van der Waals surface area contributed by atoms with Gasteiger partial charge in [-0.05, 0) is 85.6 Å². The van der Waals surface area contributed by atoms with Gasteiger partial charge in [0.15, 0.2) is 12.3 Å². The molecule has 0 saturated heterocycles. The molecule has 2 aliphatic heterocycles. The summed E-state index contributed by atoms with van der Waals surface area (Å²) in [6, 6.07) is 21.8. The average molecular weight is 848 g/mol. The van der Waals surface area contributed by atoms with Gasteiger partial charge in [-0.15, -0.1) is 0 Å². The van der Waals surface area contributed by atoms with Gasteiger partial charge in [0.1, 0.15) is 10.1 Å². The number of carbonyl (C=O) groups is 2. The van der Waals surface area contributed by atoms with Crippen LogP contribution in [0.2, 0.25) is 0 Å². The van der Waals surface area contributed by atoms with E-state index >= 15 is 0 Å². The molecule has 15 heteroatoms. The molecule has 0 fully saturated rings. The van der Waals surface area contributed by atoms with Crippen LogP contribution in [-0.4, -0.2) is 58.4 Å². The van der Waals surface area contributed by atoms with E-state index in [4.69, 9.17) is 0 Å². The number of carboxylic acid groups (broad SMARTS) is 2. The van der Waals surface area contributed by atoms with Crippen molar-refractivity contribution < 1.29 is 102 Å². The van der Waals surface area contributed by atoms with Gasteiger partial charge in [-0.25, -0.2) is 18.0 Å². The number of carboxylic acids is 2. The van der Waals surface area contributed by atoms with Crippen LogP contribution < -0.4 is 56.3 Å². The molecule has 12 nitrogen and oxygen atoms in total. The van der Waals surface area contributed by atoms with Gasteiger partial charge in [0.25, 0.3) is 10.1 Å². The normalized spacial score (nSPS) is 16.7. The summed E-state index contributed by atoms with van der Waals surface area (Å²) in [6.07, 6.45) is 13.0. The van der Waals surface area contributed by atoms with E-state index in [1.54, 1.807) is 36.4 Å². The van der Waals surface area contributed by atoms with Crippen LogP contribution in [0.5, 0.6) is 0 Å². The van der Waals surface area contributed by atoms with E-state index < -0.39 is 43.0 Å². The van der Waals surface area contributed by atoms with E-state index in [9.17, 15) is 45.7 Å². The van der Waals surface area contributed by atoms with Crippen molar-refractivity contribution >= 4 is 49.3 Å². The molecule has 4 aromatic rings. The molecule has 6 rings (SSSR count). The molecular formula is C43H40KN2O10S2+. The molecule has 2 heterocycles. The van der Waals surface area contributed by atoms with Gasteiger partial charge in [-0.3, -0.25) is 4.55 Å². The standard InChI is InChI=1S/C43H40N2O10S2.K/c1-42(2)34-24-32(56(50,51)52)20-22-36(34)44(26-28-12-16-30(17-13-28)40(46)47)38(42)10-8-6-5-7-9-11-39-43(3,4)35-25-33(57(53,54)55)21-23-37(35)45(39)27-29-14-18-31(19-15-29)41(48)49;/h5-25H,26-27H2,1-4H3,(H3-,46,47,48,49,50,51,52,53,54,55);/q;+1. The van der Waals surface area contributed by atoms with Crippen LogP contribution in [0.3, 0.4) is 0 Å². The molecule has 0 aromatic heterocycles.